The number of halogens is 2. The van der Waals surface area contributed by atoms with Crippen LogP contribution < -0.4 is 11.4 Å². The molecule has 2 aromatic carbocycles. The van der Waals surface area contributed by atoms with Gasteiger partial charge < -0.3 is 5.73 Å². The molecule has 0 saturated heterocycles. The molecule has 33 heavy (non-hydrogen) atoms. The van der Waals surface area contributed by atoms with Gasteiger partial charge in [0.1, 0.15) is 6.33 Å². The van der Waals surface area contributed by atoms with E-state index < -0.39 is 21.6 Å². The van der Waals surface area contributed by atoms with Crippen LogP contribution >= 0.6 is 11.3 Å². The average molecular weight is 491 g/mol. The Hall–Kier alpha value is -3.15. The molecule has 172 valence electrons. The molecule has 0 spiro atoms. The van der Waals surface area contributed by atoms with Crippen molar-refractivity contribution in [1.82, 2.24) is 14.3 Å². The van der Waals surface area contributed by atoms with Crippen LogP contribution in [-0.4, -0.2) is 35.6 Å². The fourth-order valence-corrected chi connectivity index (χ4v) is 5.06. The molecule has 4 aromatic rings. The summed E-state index contributed by atoms with van der Waals surface area (Å²) in [5.74, 6) is 0. The summed E-state index contributed by atoms with van der Waals surface area (Å²) in [6.07, 6.45) is 0.597. The number of rotatable bonds is 7. The van der Waals surface area contributed by atoms with Crippen molar-refractivity contribution in [1.29, 1.82) is 0 Å². The van der Waals surface area contributed by atoms with Gasteiger partial charge in [-0.15, -0.1) is 11.3 Å². The molecule has 0 aliphatic carbocycles. The van der Waals surface area contributed by atoms with E-state index in [0.29, 0.717) is 0 Å². The van der Waals surface area contributed by atoms with Crippen molar-refractivity contribution < 1.29 is 17.2 Å². The van der Waals surface area contributed by atoms with Crippen molar-refractivity contribution in [2.24, 2.45) is 5.73 Å². The quantitative estimate of drug-likeness (QED) is 0.428. The van der Waals surface area contributed by atoms with Crippen LogP contribution in [0.15, 0.2) is 76.2 Å². The summed E-state index contributed by atoms with van der Waals surface area (Å²) in [6.45, 7) is -0.438. The molecule has 11 heteroatoms. The van der Waals surface area contributed by atoms with E-state index in [1.165, 1.54) is 28.5 Å². The molecule has 0 aliphatic rings. The molecule has 0 atom stereocenters. The third-order valence-corrected chi connectivity index (χ3v) is 7.39. The Labute approximate surface area is 192 Å². The van der Waals surface area contributed by atoms with Gasteiger partial charge in [0, 0.05) is 28.0 Å². The number of nitrogens with zero attached hydrogens (tertiary/aromatic N) is 3. The molecule has 7 nitrogen and oxygen atoms in total. The molecule has 0 fully saturated rings. The van der Waals surface area contributed by atoms with E-state index in [1.54, 1.807) is 24.3 Å². The number of sulfone groups is 1. The summed E-state index contributed by atoms with van der Waals surface area (Å²) < 4.78 is 52.4. The van der Waals surface area contributed by atoms with Crippen molar-refractivity contribution in [3.05, 3.63) is 81.9 Å². The highest BCUT2D eigenvalue weighted by atomic mass is 32.2. The second-order valence-corrected chi connectivity index (χ2v) is 10.7. The van der Waals surface area contributed by atoms with Crippen molar-refractivity contribution >= 4 is 31.3 Å². The van der Waals surface area contributed by atoms with Crippen LogP contribution in [0.5, 0.6) is 0 Å². The van der Waals surface area contributed by atoms with Gasteiger partial charge in [0.05, 0.1) is 18.0 Å². The Balaban J connectivity index is 1.58. The van der Waals surface area contributed by atoms with Crippen molar-refractivity contribution in [3.8, 4) is 11.1 Å². The van der Waals surface area contributed by atoms with Gasteiger partial charge in [0.15, 0.2) is 9.84 Å². The van der Waals surface area contributed by atoms with Gasteiger partial charge in [-0.3, -0.25) is 4.57 Å². The standard InChI is InChI=1S/C22H20F2N4O3S2/c1-33(30,31)19-5-2-14(3-6-19)15-4-7-20-16(8-15)9-18(32-20)12-27-13-26-28(22(27)29)11-17(10-25)21(23)24/h2-9,13H,10-12,25H2,1H3. The predicted molar refractivity (Wildman–Crippen MR) is 124 cm³/mol. The molecular weight excluding hydrogens is 470 g/mol. The normalized spacial score (nSPS) is 11.8. The van der Waals surface area contributed by atoms with E-state index in [1.807, 2.05) is 24.3 Å². The third kappa shape index (κ3) is 4.95. The summed E-state index contributed by atoms with van der Waals surface area (Å²) in [5.41, 5.74) is 6.31. The minimum absolute atomic E-state index is 0.260. The first-order chi connectivity index (χ1) is 15.7. The molecular formula is C22H20F2N4O3S2. The van der Waals surface area contributed by atoms with Crippen molar-refractivity contribution in [2.75, 3.05) is 12.8 Å². The van der Waals surface area contributed by atoms with E-state index in [4.69, 9.17) is 5.73 Å². The highest BCUT2D eigenvalue weighted by molar-refractivity contribution is 7.90. The fraction of sp³-hybridized carbons (Fsp3) is 0.182. The highest BCUT2D eigenvalue weighted by Crippen LogP contribution is 2.31. The lowest BCUT2D eigenvalue weighted by molar-refractivity contribution is 0.400. The largest absolute Gasteiger partial charge is 0.346 e. The summed E-state index contributed by atoms with van der Waals surface area (Å²) in [5, 5.41) is 4.90. The number of hydrogen-bond donors (Lipinski definition) is 1. The number of hydrogen-bond acceptors (Lipinski definition) is 6. The smallest absolute Gasteiger partial charge is 0.327 e. The van der Waals surface area contributed by atoms with Crippen LogP contribution in [0.1, 0.15) is 4.88 Å². The minimum atomic E-state index is -3.26. The van der Waals surface area contributed by atoms with E-state index in [9.17, 15) is 22.0 Å². The van der Waals surface area contributed by atoms with Crippen LogP contribution in [0.25, 0.3) is 21.2 Å². The van der Waals surface area contributed by atoms with E-state index >= 15 is 0 Å². The topological polar surface area (TPSA) is 100.0 Å². The van der Waals surface area contributed by atoms with Crippen LogP contribution in [0.2, 0.25) is 0 Å². The minimum Gasteiger partial charge on any atom is -0.327 e. The monoisotopic (exact) mass is 490 g/mol. The maximum absolute atomic E-state index is 12.8. The second kappa shape index (κ2) is 9.00. The molecule has 0 saturated carbocycles. The Morgan fingerprint density at radius 2 is 1.79 bits per heavy atom. The Bertz CT molecular complexity index is 1510. The van der Waals surface area contributed by atoms with Crippen molar-refractivity contribution in [2.45, 2.75) is 18.0 Å². The Morgan fingerprint density at radius 1 is 1.09 bits per heavy atom. The van der Waals surface area contributed by atoms with Crippen LogP contribution in [0.4, 0.5) is 8.78 Å². The first-order valence-corrected chi connectivity index (χ1v) is 12.5. The molecule has 0 unspecified atom stereocenters. The van der Waals surface area contributed by atoms with Gasteiger partial charge in [-0.05, 0) is 46.8 Å². The zero-order valence-corrected chi connectivity index (χ0v) is 19.2. The predicted octanol–water partition coefficient (Wildman–Crippen LogP) is 3.49. The number of aromatic nitrogens is 3. The maximum atomic E-state index is 12.8. The lowest BCUT2D eigenvalue weighted by atomic mass is 10.0. The lowest BCUT2D eigenvalue weighted by Crippen LogP contribution is -2.27. The molecule has 4 rings (SSSR count). The summed E-state index contributed by atoms with van der Waals surface area (Å²) in [7, 11) is -3.26. The van der Waals surface area contributed by atoms with Crippen LogP contribution in [-0.2, 0) is 22.9 Å². The number of benzene rings is 2. The zero-order chi connectivity index (χ0) is 23.8. The fourth-order valence-electron chi connectivity index (χ4n) is 3.39. The van der Waals surface area contributed by atoms with Gasteiger partial charge >= 0.3 is 5.69 Å². The summed E-state index contributed by atoms with van der Waals surface area (Å²) in [6, 6.07) is 14.6. The molecule has 0 radical (unpaired) electrons. The highest BCUT2D eigenvalue weighted by Gasteiger charge is 2.13. The van der Waals surface area contributed by atoms with Crippen molar-refractivity contribution in [3.63, 3.8) is 0 Å². The third-order valence-electron chi connectivity index (χ3n) is 5.16. The summed E-state index contributed by atoms with van der Waals surface area (Å²) in [4.78, 5) is 13.7. The lowest BCUT2D eigenvalue weighted by Gasteiger charge is -2.04. The maximum Gasteiger partial charge on any atom is 0.346 e. The molecule has 0 aliphatic heterocycles. The number of nitrogens with two attached hydrogens (primary N) is 1. The van der Waals surface area contributed by atoms with Gasteiger partial charge in [0.25, 0.3) is 6.08 Å². The molecule has 2 heterocycles. The average Bonchev–Trinajstić information content (AvgIpc) is 3.33. The molecule has 2 N–H and O–H groups in total. The molecule has 0 bridgehead atoms. The summed E-state index contributed by atoms with van der Waals surface area (Å²) >= 11 is 1.52. The van der Waals surface area contributed by atoms with Gasteiger partial charge in [0.2, 0.25) is 0 Å². The van der Waals surface area contributed by atoms with E-state index in [0.717, 1.165) is 30.8 Å². The van der Waals surface area contributed by atoms with Gasteiger partial charge in [-0.1, -0.05) is 18.2 Å². The first kappa shape index (κ1) is 23.0. The SMILES string of the molecule is CS(=O)(=O)c1ccc(-c2ccc3sc(Cn4cnn(CC(CN)=C(F)F)c4=O)cc3c2)cc1. The van der Waals surface area contributed by atoms with E-state index in [-0.39, 0.29) is 30.1 Å². The Morgan fingerprint density at radius 3 is 2.42 bits per heavy atom. The van der Waals surface area contributed by atoms with Gasteiger partial charge in [-0.25, -0.2) is 17.9 Å². The molecule has 2 aromatic heterocycles. The van der Waals surface area contributed by atoms with Crippen LogP contribution in [0, 0.1) is 0 Å². The first-order valence-electron chi connectivity index (χ1n) is 9.84. The van der Waals surface area contributed by atoms with Crippen LogP contribution in [0.3, 0.4) is 0 Å². The van der Waals surface area contributed by atoms with Gasteiger partial charge in [-0.2, -0.15) is 13.9 Å². The molecule has 0 amide bonds. The zero-order valence-electron chi connectivity index (χ0n) is 17.5. The number of fused-ring (bicyclic) bond motifs is 1. The van der Waals surface area contributed by atoms with E-state index in [2.05, 4.69) is 5.10 Å². The number of thiophene rings is 1. The Kier molecular flexibility index (Phi) is 6.28. The second-order valence-electron chi connectivity index (χ2n) is 7.53.